The Morgan fingerprint density at radius 1 is 0.930 bits per heavy atom. The van der Waals surface area contributed by atoms with Gasteiger partial charge in [0, 0.05) is 63.6 Å². The van der Waals surface area contributed by atoms with Gasteiger partial charge in [-0.25, -0.2) is 4.98 Å². The lowest BCUT2D eigenvalue weighted by molar-refractivity contribution is -0.117. The Labute approximate surface area is 250 Å². The number of amides is 2. The van der Waals surface area contributed by atoms with Gasteiger partial charge in [0.05, 0.1) is 13.2 Å². The van der Waals surface area contributed by atoms with E-state index in [4.69, 9.17) is 14.2 Å². The second-order valence-corrected chi connectivity index (χ2v) is 10.4. The van der Waals surface area contributed by atoms with E-state index in [2.05, 4.69) is 33.2 Å². The van der Waals surface area contributed by atoms with Gasteiger partial charge in [-0.05, 0) is 67.8 Å². The standard InChI is InChI=1S/C34H36N4O5/c1-4-5-24(3)38(22-39)34(40)28-10-8-27(18-23(28)2)42-16-14-41-15-17-43-33-11-7-26(20-36-33)25-6-9-29-30-21-35-13-12-31(30)37-32(29)19-25/h6-13,18-22,24,37H,4-5,14-17H2,1-3H3. The zero-order valence-electron chi connectivity index (χ0n) is 24.7. The quantitative estimate of drug-likeness (QED) is 0.121. The summed E-state index contributed by atoms with van der Waals surface area (Å²) in [5.41, 5.74) is 5.43. The Hall–Kier alpha value is -4.76. The third-order valence-electron chi connectivity index (χ3n) is 7.40. The van der Waals surface area contributed by atoms with Gasteiger partial charge >= 0.3 is 0 Å². The fraction of sp³-hybridized carbons (Fsp3) is 0.294. The molecule has 1 N–H and O–H groups in total. The predicted octanol–water partition coefficient (Wildman–Crippen LogP) is 6.35. The molecule has 9 nitrogen and oxygen atoms in total. The number of nitrogens with zero attached hydrogens (tertiary/aromatic N) is 3. The van der Waals surface area contributed by atoms with Crippen LogP contribution >= 0.6 is 0 Å². The number of aryl methyl sites for hydroxylation is 1. The number of carbonyl (C=O) groups excluding carboxylic acids is 2. The van der Waals surface area contributed by atoms with Crippen LogP contribution in [0.25, 0.3) is 32.9 Å². The summed E-state index contributed by atoms with van der Waals surface area (Å²) in [5, 5.41) is 2.25. The van der Waals surface area contributed by atoms with E-state index in [1.165, 1.54) is 4.90 Å². The third-order valence-corrected chi connectivity index (χ3v) is 7.40. The number of ether oxygens (including phenoxy) is 3. The topological polar surface area (TPSA) is 107 Å². The number of aromatic nitrogens is 3. The maximum Gasteiger partial charge on any atom is 0.260 e. The minimum Gasteiger partial charge on any atom is -0.491 e. The van der Waals surface area contributed by atoms with Crippen molar-refractivity contribution in [1.29, 1.82) is 0 Å². The van der Waals surface area contributed by atoms with Gasteiger partial charge in [0.1, 0.15) is 19.0 Å². The molecule has 0 spiro atoms. The Kier molecular flexibility index (Phi) is 9.63. The Morgan fingerprint density at radius 2 is 1.74 bits per heavy atom. The summed E-state index contributed by atoms with van der Waals surface area (Å²) in [7, 11) is 0. The van der Waals surface area contributed by atoms with Crippen molar-refractivity contribution in [2.75, 3.05) is 26.4 Å². The van der Waals surface area contributed by atoms with E-state index in [1.54, 1.807) is 30.6 Å². The van der Waals surface area contributed by atoms with Crippen LogP contribution in [0.2, 0.25) is 0 Å². The molecule has 5 rings (SSSR count). The van der Waals surface area contributed by atoms with E-state index in [0.29, 0.717) is 50.0 Å². The van der Waals surface area contributed by atoms with E-state index in [1.807, 2.05) is 45.2 Å². The summed E-state index contributed by atoms with van der Waals surface area (Å²) >= 11 is 0. The van der Waals surface area contributed by atoms with E-state index >= 15 is 0 Å². The smallest absolute Gasteiger partial charge is 0.260 e. The van der Waals surface area contributed by atoms with Crippen LogP contribution in [0.15, 0.2) is 73.2 Å². The lowest BCUT2D eigenvalue weighted by atomic mass is 10.1. The monoisotopic (exact) mass is 580 g/mol. The molecule has 43 heavy (non-hydrogen) atoms. The highest BCUT2D eigenvalue weighted by Gasteiger charge is 2.22. The molecular formula is C34H36N4O5. The van der Waals surface area contributed by atoms with Crippen molar-refractivity contribution in [2.24, 2.45) is 0 Å². The molecule has 0 aliphatic carbocycles. The number of benzene rings is 2. The molecule has 0 aliphatic rings. The minimum atomic E-state index is -0.294. The molecule has 0 fully saturated rings. The van der Waals surface area contributed by atoms with Crippen molar-refractivity contribution in [1.82, 2.24) is 19.9 Å². The first-order valence-electron chi connectivity index (χ1n) is 14.5. The van der Waals surface area contributed by atoms with Crippen LogP contribution in [0.1, 0.15) is 42.6 Å². The molecular weight excluding hydrogens is 544 g/mol. The summed E-state index contributed by atoms with van der Waals surface area (Å²) in [4.78, 5) is 37.8. The van der Waals surface area contributed by atoms with Gasteiger partial charge in [-0.2, -0.15) is 0 Å². The lowest BCUT2D eigenvalue weighted by Crippen LogP contribution is -2.37. The molecule has 0 radical (unpaired) electrons. The van der Waals surface area contributed by atoms with Crippen LogP contribution in [-0.2, 0) is 9.53 Å². The van der Waals surface area contributed by atoms with E-state index < -0.39 is 0 Å². The first kappa shape index (κ1) is 29.7. The number of H-pyrrole nitrogens is 1. The second-order valence-electron chi connectivity index (χ2n) is 10.4. The van der Waals surface area contributed by atoms with Crippen molar-refractivity contribution < 1.29 is 23.8 Å². The summed E-state index contributed by atoms with van der Waals surface area (Å²) < 4.78 is 17.2. The van der Waals surface area contributed by atoms with Gasteiger partial charge in [0.25, 0.3) is 5.91 Å². The maximum absolute atomic E-state index is 12.9. The number of hydrogen-bond acceptors (Lipinski definition) is 7. The molecule has 2 amide bonds. The number of carbonyl (C=O) groups is 2. The largest absolute Gasteiger partial charge is 0.491 e. The van der Waals surface area contributed by atoms with E-state index in [0.717, 1.165) is 51.3 Å². The van der Waals surface area contributed by atoms with Crippen molar-refractivity contribution in [3.8, 4) is 22.8 Å². The molecule has 3 aromatic heterocycles. The van der Waals surface area contributed by atoms with Crippen LogP contribution in [0, 0.1) is 6.92 Å². The number of rotatable bonds is 14. The van der Waals surface area contributed by atoms with Gasteiger partial charge in [0.2, 0.25) is 12.3 Å². The van der Waals surface area contributed by atoms with Crippen LogP contribution in [0.3, 0.4) is 0 Å². The van der Waals surface area contributed by atoms with Gasteiger partial charge in [-0.15, -0.1) is 0 Å². The summed E-state index contributed by atoms with van der Waals surface area (Å²) in [6.07, 6.45) is 7.74. The van der Waals surface area contributed by atoms with E-state index in [-0.39, 0.29) is 11.9 Å². The Morgan fingerprint density at radius 3 is 2.49 bits per heavy atom. The molecule has 0 saturated carbocycles. The molecule has 0 aliphatic heterocycles. The Balaban J connectivity index is 1.04. The van der Waals surface area contributed by atoms with Gasteiger partial charge in [0.15, 0.2) is 0 Å². The molecule has 1 atom stereocenters. The lowest BCUT2D eigenvalue weighted by Gasteiger charge is -2.23. The minimum absolute atomic E-state index is 0.146. The first-order valence-corrected chi connectivity index (χ1v) is 14.5. The van der Waals surface area contributed by atoms with Crippen LogP contribution < -0.4 is 9.47 Å². The maximum atomic E-state index is 12.9. The molecule has 1 unspecified atom stereocenters. The normalized spacial score (nSPS) is 11.9. The number of nitrogens with one attached hydrogen (secondary N) is 1. The third kappa shape index (κ3) is 7.01. The number of pyridine rings is 2. The summed E-state index contributed by atoms with van der Waals surface area (Å²) in [5.74, 6) is 0.874. The SMILES string of the molecule is CCCC(C)N(C=O)C(=O)c1ccc(OCCOCCOc2ccc(-c3ccc4c(c3)[nH]c3ccncc34)cn2)cc1C. The number of aromatic amines is 1. The van der Waals surface area contributed by atoms with Crippen LogP contribution in [0.5, 0.6) is 11.6 Å². The van der Waals surface area contributed by atoms with E-state index in [9.17, 15) is 9.59 Å². The van der Waals surface area contributed by atoms with Crippen molar-refractivity contribution >= 4 is 34.1 Å². The molecule has 0 saturated heterocycles. The predicted molar refractivity (Wildman–Crippen MR) is 166 cm³/mol. The molecule has 222 valence electrons. The van der Waals surface area contributed by atoms with Gasteiger partial charge in [-0.1, -0.05) is 25.5 Å². The summed E-state index contributed by atoms with van der Waals surface area (Å²) in [6.45, 7) is 7.23. The first-order chi connectivity index (χ1) is 21.0. The fourth-order valence-electron chi connectivity index (χ4n) is 5.10. The molecule has 2 aromatic carbocycles. The van der Waals surface area contributed by atoms with Gasteiger partial charge in [-0.3, -0.25) is 19.5 Å². The highest BCUT2D eigenvalue weighted by atomic mass is 16.5. The van der Waals surface area contributed by atoms with Crippen LogP contribution in [-0.4, -0.2) is 64.6 Å². The average Bonchev–Trinajstić information content (AvgIpc) is 3.39. The number of hydrogen-bond donors (Lipinski definition) is 1. The number of fused-ring (bicyclic) bond motifs is 3. The average molecular weight is 581 g/mol. The molecule has 0 bridgehead atoms. The summed E-state index contributed by atoms with van der Waals surface area (Å²) in [6, 6.07) is 17.2. The number of imide groups is 1. The second kappa shape index (κ2) is 13.9. The molecule has 5 aromatic rings. The van der Waals surface area contributed by atoms with Crippen molar-refractivity contribution in [3.05, 3.63) is 84.3 Å². The fourth-order valence-corrected chi connectivity index (χ4v) is 5.10. The van der Waals surface area contributed by atoms with Crippen molar-refractivity contribution in [3.63, 3.8) is 0 Å². The van der Waals surface area contributed by atoms with Crippen molar-refractivity contribution in [2.45, 2.75) is 39.7 Å². The molecule has 3 heterocycles. The zero-order chi connectivity index (χ0) is 30.2. The Bertz CT molecular complexity index is 1700. The zero-order valence-corrected chi connectivity index (χ0v) is 24.7. The van der Waals surface area contributed by atoms with Crippen LogP contribution in [0.4, 0.5) is 0 Å². The molecule has 9 heteroatoms. The van der Waals surface area contributed by atoms with Gasteiger partial charge < -0.3 is 19.2 Å². The highest BCUT2D eigenvalue weighted by Crippen LogP contribution is 2.29. The highest BCUT2D eigenvalue weighted by molar-refractivity contribution is 6.07.